The maximum absolute atomic E-state index is 10.5. The molecule has 2 N–H and O–H groups in total. The Morgan fingerprint density at radius 2 is 1.69 bits per heavy atom. The zero-order valence-electron chi connectivity index (χ0n) is 7.90. The molecular formula is C8H14O5. The van der Waals surface area contributed by atoms with E-state index in [9.17, 15) is 4.79 Å². The Morgan fingerprint density at radius 1 is 1.38 bits per heavy atom. The van der Waals surface area contributed by atoms with Gasteiger partial charge in [-0.15, -0.1) is 0 Å². The van der Waals surface area contributed by atoms with Crippen LogP contribution in [0.4, 0.5) is 0 Å². The Bertz CT molecular complexity index is 191. The second-order valence-corrected chi connectivity index (χ2v) is 2.30. The number of carboxylic acids is 1. The largest absolute Gasteiger partial charge is 0.481 e. The third-order valence-electron chi connectivity index (χ3n) is 0.626. The summed E-state index contributed by atoms with van der Waals surface area (Å²) in [4.78, 5) is 19.5. The first kappa shape index (κ1) is 14.2. The fourth-order valence-corrected chi connectivity index (χ4v) is 0.255. The van der Waals surface area contributed by atoms with E-state index in [2.05, 4.69) is 11.3 Å². The molecule has 0 aliphatic rings. The van der Waals surface area contributed by atoms with Crippen molar-refractivity contribution < 1.29 is 24.5 Å². The number of carboxylic acid groups (broad SMARTS) is 1. The second kappa shape index (κ2) is 7.30. The molecule has 0 bridgehead atoms. The second-order valence-electron chi connectivity index (χ2n) is 2.30. The molecule has 76 valence electrons. The minimum Gasteiger partial charge on any atom is -0.481 e. The van der Waals surface area contributed by atoms with Gasteiger partial charge in [0.15, 0.2) is 6.29 Å². The van der Waals surface area contributed by atoms with E-state index in [0.717, 1.165) is 6.92 Å². The number of esters is 1. The van der Waals surface area contributed by atoms with Crippen LogP contribution in [-0.4, -0.2) is 28.4 Å². The van der Waals surface area contributed by atoms with E-state index >= 15 is 0 Å². The molecule has 5 nitrogen and oxygen atoms in total. The molecular weight excluding hydrogens is 176 g/mol. The lowest BCUT2D eigenvalue weighted by Crippen LogP contribution is -2.13. The van der Waals surface area contributed by atoms with Crippen LogP contribution in [0, 0.1) is 0 Å². The highest BCUT2D eigenvalue weighted by molar-refractivity contribution is 5.86. The van der Waals surface area contributed by atoms with E-state index in [1.165, 1.54) is 13.8 Å². The van der Waals surface area contributed by atoms with E-state index in [1.54, 1.807) is 0 Å². The molecule has 0 fully saturated rings. The van der Waals surface area contributed by atoms with Crippen LogP contribution >= 0.6 is 0 Å². The maximum Gasteiger partial charge on any atom is 0.335 e. The van der Waals surface area contributed by atoms with Gasteiger partial charge in [0, 0.05) is 12.5 Å². The monoisotopic (exact) mass is 190 g/mol. The summed E-state index contributed by atoms with van der Waals surface area (Å²) in [5.74, 6) is -1.40. The zero-order chi connectivity index (χ0) is 11.0. The fraction of sp³-hybridized carbons (Fsp3) is 0.500. The number of ether oxygens (including phenoxy) is 1. The van der Waals surface area contributed by atoms with Crippen LogP contribution in [0.1, 0.15) is 20.8 Å². The van der Waals surface area contributed by atoms with Crippen LogP contribution in [0.5, 0.6) is 0 Å². The summed E-state index contributed by atoms with van der Waals surface area (Å²) in [6.07, 6.45) is -1.05. The molecule has 0 amide bonds. The van der Waals surface area contributed by atoms with Crippen molar-refractivity contribution in [1.82, 2.24) is 0 Å². The van der Waals surface area contributed by atoms with Gasteiger partial charge < -0.3 is 14.9 Å². The molecule has 0 aromatic rings. The third kappa shape index (κ3) is 18.0. The average Bonchev–Trinajstić information content (AvgIpc) is 1.83. The minimum atomic E-state index is -1.05. The first-order valence-corrected chi connectivity index (χ1v) is 3.51. The van der Waals surface area contributed by atoms with Crippen molar-refractivity contribution in [3.05, 3.63) is 12.2 Å². The van der Waals surface area contributed by atoms with Crippen molar-refractivity contribution in [3.63, 3.8) is 0 Å². The van der Waals surface area contributed by atoms with Crippen LogP contribution in [0.2, 0.25) is 0 Å². The van der Waals surface area contributed by atoms with Crippen LogP contribution in [0.25, 0.3) is 0 Å². The van der Waals surface area contributed by atoms with E-state index in [-0.39, 0.29) is 5.57 Å². The number of hydrogen-bond donors (Lipinski definition) is 2. The van der Waals surface area contributed by atoms with Crippen molar-refractivity contribution in [2.24, 2.45) is 0 Å². The summed E-state index contributed by atoms with van der Waals surface area (Å²) in [6.45, 7) is 7.29. The first-order valence-electron chi connectivity index (χ1n) is 3.51. The highest BCUT2D eigenvalue weighted by Gasteiger charge is 2.04. The predicted octanol–water partition coefficient (Wildman–Crippen LogP) is 0.535. The van der Waals surface area contributed by atoms with Crippen molar-refractivity contribution >= 4 is 11.9 Å². The van der Waals surface area contributed by atoms with Gasteiger partial charge in [0.25, 0.3) is 5.97 Å². The van der Waals surface area contributed by atoms with E-state index in [4.69, 9.17) is 15.0 Å². The van der Waals surface area contributed by atoms with Gasteiger partial charge in [-0.25, -0.2) is 4.79 Å². The number of carbonyl (C=O) groups is 2. The van der Waals surface area contributed by atoms with Gasteiger partial charge in [-0.2, -0.15) is 0 Å². The summed E-state index contributed by atoms with van der Waals surface area (Å²) < 4.78 is 4.33. The molecule has 0 aliphatic heterocycles. The number of carbonyl (C=O) groups excluding carboxylic acids is 1. The lowest BCUT2D eigenvalue weighted by Gasteiger charge is -2.04. The standard InChI is InChI=1S/C6H10O3.C2H4O2/c1-4(2)6(8)9-5(3)7;1-2(3)4/h5,7H,1H2,2-3H3;1H3,(H,3,4). The van der Waals surface area contributed by atoms with Crippen molar-refractivity contribution in [2.45, 2.75) is 27.1 Å². The van der Waals surface area contributed by atoms with Crippen LogP contribution < -0.4 is 0 Å². The molecule has 0 heterocycles. The topological polar surface area (TPSA) is 83.8 Å². The molecule has 0 aromatic heterocycles. The molecule has 0 saturated carbocycles. The Labute approximate surface area is 76.6 Å². The minimum absolute atomic E-state index is 0.288. The molecule has 0 rings (SSSR count). The number of aliphatic hydroxyl groups excluding tert-OH is 1. The zero-order valence-corrected chi connectivity index (χ0v) is 7.90. The SMILES string of the molecule is C=C(C)C(=O)OC(C)O.CC(=O)O. The quantitative estimate of drug-likeness (QED) is 0.377. The molecule has 1 unspecified atom stereocenters. The van der Waals surface area contributed by atoms with Gasteiger partial charge >= 0.3 is 5.97 Å². The number of hydrogen-bond acceptors (Lipinski definition) is 4. The fourth-order valence-electron chi connectivity index (χ4n) is 0.255. The van der Waals surface area contributed by atoms with E-state index < -0.39 is 18.2 Å². The molecule has 0 aromatic carbocycles. The maximum atomic E-state index is 10.5. The molecule has 0 saturated heterocycles. The molecule has 1 atom stereocenters. The molecule has 0 radical (unpaired) electrons. The van der Waals surface area contributed by atoms with Gasteiger partial charge in [0.05, 0.1) is 0 Å². The van der Waals surface area contributed by atoms with Crippen molar-refractivity contribution in [3.8, 4) is 0 Å². The Kier molecular flexibility index (Phi) is 7.96. The summed E-state index contributed by atoms with van der Waals surface area (Å²) in [5.41, 5.74) is 0.288. The predicted molar refractivity (Wildman–Crippen MR) is 45.9 cm³/mol. The normalized spacial score (nSPS) is 10.5. The summed E-state index contributed by atoms with van der Waals surface area (Å²) in [5, 5.41) is 15.9. The lowest BCUT2D eigenvalue weighted by atomic mass is 10.4. The number of aliphatic hydroxyl groups is 1. The first-order chi connectivity index (χ1) is 5.77. The third-order valence-corrected chi connectivity index (χ3v) is 0.626. The summed E-state index contributed by atoms with van der Waals surface area (Å²) in [7, 11) is 0. The summed E-state index contributed by atoms with van der Waals surface area (Å²) in [6, 6.07) is 0. The Hall–Kier alpha value is -1.36. The Morgan fingerprint density at radius 3 is 1.77 bits per heavy atom. The smallest absolute Gasteiger partial charge is 0.335 e. The van der Waals surface area contributed by atoms with E-state index in [0.29, 0.717) is 0 Å². The van der Waals surface area contributed by atoms with Crippen LogP contribution in [0.15, 0.2) is 12.2 Å². The number of rotatable bonds is 2. The van der Waals surface area contributed by atoms with Gasteiger partial charge in [-0.05, 0) is 13.8 Å². The molecule has 0 aliphatic carbocycles. The average molecular weight is 190 g/mol. The van der Waals surface area contributed by atoms with Gasteiger partial charge in [0.2, 0.25) is 0 Å². The van der Waals surface area contributed by atoms with E-state index in [1.807, 2.05) is 0 Å². The van der Waals surface area contributed by atoms with Crippen LogP contribution in [-0.2, 0) is 14.3 Å². The molecule has 13 heavy (non-hydrogen) atoms. The van der Waals surface area contributed by atoms with Crippen molar-refractivity contribution in [1.29, 1.82) is 0 Å². The van der Waals surface area contributed by atoms with Crippen LogP contribution in [0.3, 0.4) is 0 Å². The lowest BCUT2D eigenvalue weighted by molar-refractivity contribution is -0.159. The van der Waals surface area contributed by atoms with Gasteiger partial charge in [-0.1, -0.05) is 6.58 Å². The highest BCUT2D eigenvalue weighted by Crippen LogP contribution is 1.94. The van der Waals surface area contributed by atoms with Gasteiger partial charge in [-0.3, -0.25) is 4.79 Å². The van der Waals surface area contributed by atoms with Crippen molar-refractivity contribution in [2.75, 3.05) is 0 Å². The van der Waals surface area contributed by atoms with Gasteiger partial charge in [0.1, 0.15) is 0 Å². The molecule has 5 heteroatoms. The highest BCUT2D eigenvalue weighted by atomic mass is 16.6. The summed E-state index contributed by atoms with van der Waals surface area (Å²) >= 11 is 0. The molecule has 0 spiro atoms. The number of aliphatic carboxylic acids is 1. The Balaban J connectivity index is 0.